The summed E-state index contributed by atoms with van der Waals surface area (Å²) in [6.45, 7) is 2.08. The monoisotopic (exact) mass is 555 g/mol. The first-order valence-corrected chi connectivity index (χ1v) is 13.4. The Kier molecular flexibility index (Phi) is 5.89. The van der Waals surface area contributed by atoms with Crippen molar-refractivity contribution in [3.05, 3.63) is 62.4 Å². The SMILES string of the molecule is CO[C@H]1C[C@@H](O)[C@H](OC)C2=C1C(O)C1=C(CC34COCO[C@@H]3Cc3cc5c(c(O)c3C4=C1O)C(O)NC(C)=C5)O2. The second-order valence-electron chi connectivity index (χ2n) is 11.4. The van der Waals surface area contributed by atoms with Gasteiger partial charge in [-0.05, 0) is 24.1 Å². The van der Waals surface area contributed by atoms with Crippen molar-refractivity contribution < 1.29 is 49.2 Å². The number of ether oxygens (including phenoxy) is 5. The highest BCUT2D eigenvalue weighted by Crippen LogP contribution is 2.61. The Balaban J connectivity index is 1.45. The first-order chi connectivity index (χ1) is 19.2. The smallest absolute Gasteiger partial charge is 0.154 e. The molecule has 0 aromatic heterocycles. The lowest BCUT2D eigenvalue weighted by molar-refractivity contribution is -0.195. The molecule has 0 saturated carbocycles. The molecule has 0 bridgehead atoms. The van der Waals surface area contributed by atoms with Gasteiger partial charge in [-0.1, -0.05) is 6.07 Å². The van der Waals surface area contributed by atoms with E-state index in [-0.39, 0.29) is 49.1 Å². The fourth-order valence-electron chi connectivity index (χ4n) is 7.51. The molecule has 3 unspecified atom stereocenters. The lowest BCUT2D eigenvalue weighted by Gasteiger charge is -2.52. The van der Waals surface area contributed by atoms with Gasteiger partial charge in [0.1, 0.15) is 42.0 Å². The Bertz CT molecular complexity index is 1430. The normalized spacial score (nSPS) is 36.3. The number of phenols is 1. The standard InChI is InChI=1S/C29H33NO10/c1-11-4-12-5-13-6-17-29(9-38-10-39-17)8-16-20(25(34)22(29)18(13)23(32)19(12)28(35)30-11)24(33)21-15(36-2)7-14(31)26(37-3)27(21)40-16/h4-5,14-15,17,24,26,28,30-35H,6-10H2,1-3H3/t14-,15+,17-,24?,26+,28?,29?/m1/s1. The lowest BCUT2D eigenvalue weighted by atomic mass is 9.59. The molecule has 1 aromatic carbocycles. The number of aliphatic hydroxyl groups is 4. The molecule has 7 atom stereocenters. The van der Waals surface area contributed by atoms with Gasteiger partial charge in [0.25, 0.3) is 0 Å². The van der Waals surface area contributed by atoms with Crippen molar-refractivity contribution in [3.8, 4) is 5.75 Å². The minimum Gasteiger partial charge on any atom is -0.507 e. The van der Waals surface area contributed by atoms with Crippen molar-refractivity contribution in [2.45, 2.75) is 62.9 Å². The second-order valence-corrected chi connectivity index (χ2v) is 11.4. The molecule has 6 N–H and O–H groups in total. The number of aliphatic hydroxyl groups excluding tert-OH is 4. The Morgan fingerprint density at radius 3 is 2.67 bits per heavy atom. The summed E-state index contributed by atoms with van der Waals surface area (Å²) in [6.07, 6.45) is -2.63. The molecule has 7 rings (SSSR count). The quantitative estimate of drug-likeness (QED) is 0.315. The molecule has 1 aromatic rings. The van der Waals surface area contributed by atoms with Gasteiger partial charge in [-0.15, -0.1) is 0 Å². The van der Waals surface area contributed by atoms with Gasteiger partial charge in [-0.25, -0.2) is 0 Å². The number of hydrogen-bond acceptors (Lipinski definition) is 11. The molecule has 214 valence electrons. The predicted molar refractivity (Wildman–Crippen MR) is 139 cm³/mol. The maximum Gasteiger partial charge on any atom is 0.154 e. The number of allylic oxidation sites excluding steroid dienone is 2. The minimum absolute atomic E-state index is 0.0759. The summed E-state index contributed by atoms with van der Waals surface area (Å²) in [4.78, 5) is 0. The number of nitrogens with one attached hydrogen (secondary N) is 1. The van der Waals surface area contributed by atoms with Gasteiger partial charge in [-0.2, -0.15) is 0 Å². The molecular weight excluding hydrogens is 522 g/mol. The van der Waals surface area contributed by atoms with Crippen molar-refractivity contribution in [1.29, 1.82) is 0 Å². The highest BCUT2D eigenvalue weighted by molar-refractivity contribution is 5.87. The van der Waals surface area contributed by atoms with E-state index in [2.05, 4.69) is 5.32 Å². The minimum atomic E-state index is -1.31. The fourth-order valence-corrected chi connectivity index (χ4v) is 7.51. The number of phenolic OH excluding ortho intramolecular Hbond substituents is 1. The van der Waals surface area contributed by atoms with Gasteiger partial charge >= 0.3 is 0 Å². The highest BCUT2D eigenvalue weighted by Gasteiger charge is 2.58. The van der Waals surface area contributed by atoms with Gasteiger partial charge in [0, 0.05) is 55.9 Å². The van der Waals surface area contributed by atoms with Crippen LogP contribution in [0, 0.1) is 5.41 Å². The topological polar surface area (TPSA) is 159 Å². The molecular formula is C29H33NO10. The molecule has 1 saturated heterocycles. The van der Waals surface area contributed by atoms with Gasteiger partial charge in [0.15, 0.2) is 6.23 Å². The molecule has 0 amide bonds. The third-order valence-electron chi connectivity index (χ3n) is 9.25. The Hall–Kier alpha value is -2.90. The number of hydrogen-bond donors (Lipinski definition) is 6. The van der Waals surface area contributed by atoms with E-state index in [1.807, 2.05) is 19.1 Å². The number of methoxy groups -OCH3 is 2. The largest absolute Gasteiger partial charge is 0.507 e. The Morgan fingerprint density at radius 1 is 1.12 bits per heavy atom. The van der Waals surface area contributed by atoms with Crippen LogP contribution in [0.15, 0.2) is 40.2 Å². The summed E-state index contributed by atoms with van der Waals surface area (Å²) in [6, 6.07) is 1.91. The van der Waals surface area contributed by atoms with Crippen molar-refractivity contribution >= 4 is 11.6 Å². The summed E-state index contributed by atoms with van der Waals surface area (Å²) in [5, 5.41) is 59.9. The number of fused-ring (bicyclic) bond motifs is 3. The van der Waals surface area contributed by atoms with Crippen LogP contribution >= 0.6 is 0 Å². The van der Waals surface area contributed by atoms with Crippen molar-refractivity contribution in [2.24, 2.45) is 5.41 Å². The third-order valence-corrected chi connectivity index (χ3v) is 9.25. The summed E-state index contributed by atoms with van der Waals surface area (Å²) in [7, 11) is 2.94. The zero-order valence-electron chi connectivity index (χ0n) is 22.4. The van der Waals surface area contributed by atoms with Crippen LogP contribution in [-0.4, -0.2) is 83.7 Å². The van der Waals surface area contributed by atoms with Crippen LogP contribution in [0.1, 0.15) is 48.2 Å². The van der Waals surface area contributed by atoms with Crippen LogP contribution in [0.3, 0.4) is 0 Å². The number of benzene rings is 1. The van der Waals surface area contributed by atoms with E-state index in [9.17, 15) is 25.5 Å². The van der Waals surface area contributed by atoms with Crippen LogP contribution in [0.5, 0.6) is 5.75 Å². The average Bonchev–Trinajstić information content (AvgIpc) is 2.90. The van der Waals surface area contributed by atoms with E-state index in [4.69, 9.17) is 23.7 Å². The van der Waals surface area contributed by atoms with Gasteiger partial charge in [0.2, 0.25) is 0 Å². The zero-order valence-corrected chi connectivity index (χ0v) is 22.4. The van der Waals surface area contributed by atoms with E-state index in [1.165, 1.54) is 14.2 Å². The highest BCUT2D eigenvalue weighted by atomic mass is 16.7. The van der Waals surface area contributed by atoms with E-state index >= 15 is 0 Å². The predicted octanol–water partition coefficient (Wildman–Crippen LogP) is 1.63. The molecule has 1 spiro atoms. The fraction of sp³-hybridized carbons (Fsp3) is 0.517. The van der Waals surface area contributed by atoms with E-state index in [0.29, 0.717) is 40.0 Å². The molecule has 3 aliphatic heterocycles. The van der Waals surface area contributed by atoms with Crippen molar-refractivity contribution in [2.75, 3.05) is 27.6 Å². The first-order valence-electron chi connectivity index (χ1n) is 13.4. The molecule has 1 fully saturated rings. The summed E-state index contributed by atoms with van der Waals surface area (Å²) in [5.41, 5.74) is 2.87. The molecule has 3 heterocycles. The van der Waals surface area contributed by atoms with E-state index in [1.54, 1.807) is 0 Å². The molecule has 0 radical (unpaired) electrons. The van der Waals surface area contributed by atoms with Crippen LogP contribution < -0.4 is 5.32 Å². The average molecular weight is 556 g/mol. The van der Waals surface area contributed by atoms with Gasteiger partial charge in [0.05, 0.1) is 41.5 Å². The number of rotatable bonds is 2. The lowest BCUT2D eigenvalue weighted by Crippen LogP contribution is -2.53. The van der Waals surface area contributed by atoms with Crippen molar-refractivity contribution in [3.63, 3.8) is 0 Å². The molecule has 3 aliphatic carbocycles. The first kappa shape index (κ1) is 26.0. The third kappa shape index (κ3) is 3.37. The van der Waals surface area contributed by atoms with Crippen molar-refractivity contribution in [1.82, 2.24) is 5.32 Å². The Morgan fingerprint density at radius 2 is 1.93 bits per heavy atom. The Labute approximate surface area is 230 Å². The van der Waals surface area contributed by atoms with E-state index in [0.717, 1.165) is 11.3 Å². The maximum absolute atomic E-state index is 12.0. The summed E-state index contributed by atoms with van der Waals surface area (Å²) < 4.78 is 29.5. The molecule has 40 heavy (non-hydrogen) atoms. The van der Waals surface area contributed by atoms with E-state index < -0.39 is 42.2 Å². The molecule has 11 nitrogen and oxygen atoms in total. The van der Waals surface area contributed by atoms with Crippen LogP contribution in [0.25, 0.3) is 11.6 Å². The van der Waals surface area contributed by atoms with Gasteiger partial charge in [-0.3, -0.25) is 0 Å². The van der Waals surface area contributed by atoms with Crippen LogP contribution in [0.2, 0.25) is 0 Å². The maximum atomic E-state index is 12.0. The van der Waals surface area contributed by atoms with Crippen LogP contribution in [-0.2, 0) is 30.1 Å². The number of aromatic hydroxyl groups is 1. The van der Waals surface area contributed by atoms with Crippen LogP contribution in [0.4, 0.5) is 0 Å². The molecule has 11 heteroatoms. The molecule has 6 aliphatic rings. The van der Waals surface area contributed by atoms with Gasteiger partial charge < -0.3 is 54.5 Å². The zero-order chi connectivity index (χ0) is 28.1. The second kappa shape index (κ2) is 9.05. The summed E-state index contributed by atoms with van der Waals surface area (Å²) in [5.74, 6) is 0.200. The summed E-state index contributed by atoms with van der Waals surface area (Å²) >= 11 is 0.